The van der Waals surface area contributed by atoms with Gasteiger partial charge in [-0.3, -0.25) is 4.90 Å². The number of aliphatic hydroxyl groups excluding tert-OH is 1. The van der Waals surface area contributed by atoms with Gasteiger partial charge in [-0.25, -0.2) is 4.98 Å². The predicted octanol–water partition coefficient (Wildman–Crippen LogP) is 2.30. The van der Waals surface area contributed by atoms with Gasteiger partial charge in [0.1, 0.15) is 0 Å². The van der Waals surface area contributed by atoms with Crippen LogP contribution in [0.4, 0.5) is 0 Å². The van der Waals surface area contributed by atoms with E-state index in [1.54, 1.807) is 11.3 Å². The van der Waals surface area contributed by atoms with E-state index in [9.17, 15) is 0 Å². The molecule has 1 N–H and O–H groups in total. The van der Waals surface area contributed by atoms with Crippen LogP contribution >= 0.6 is 11.3 Å². The van der Waals surface area contributed by atoms with Crippen LogP contribution in [0.3, 0.4) is 0 Å². The zero-order chi connectivity index (χ0) is 12.1. The van der Waals surface area contributed by atoms with Crippen LogP contribution in [-0.2, 0) is 13.0 Å². The maximum Gasteiger partial charge on any atom is 0.0928 e. The Kier molecular flexibility index (Phi) is 4.95. The molecule has 2 rings (SSSR count). The van der Waals surface area contributed by atoms with Crippen molar-refractivity contribution in [2.24, 2.45) is 5.92 Å². The third kappa shape index (κ3) is 3.76. The summed E-state index contributed by atoms with van der Waals surface area (Å²) in [7, 11) is 0. The first-order valence-electron chi connectivity index (χ1n) is 6.58. The molecule has 0 amide bonds. The Bertz CT molecular complexity index is 332. The number of likely N-dealkylation sites (tertiary alicyclic amines) is 1. The second kappa shape index (κ2) is 6.47. The van der Waals surface area contributed by atoms with E-state index in [4.69, 9.17) is 5.11 Å². The minimum atomic E-state index is 0.352. The highest BCUT2D eigenvalue weighted by Crippen LogP contribution is 2.19. The van der Waals surface area contributed by atoms with Gasteiger partial charge in [-0.1, -0.05) is 6.92 Å². The molecule has 1 aliphatic heterocycles. The van der Waals surface area contributed by atoms with Crippen molar-refractivity contribution in [3.63, 3.8) is 0 Å². The Labute approximate surface area is 107 Å². The monoisotopic (exact) mass is 254 g/mol. The average Bonchev–Trinajstić information content (AvgIpc) is 2.78. The van der Waals surface area contributed by atoms with E-state index in [1.165, 1.54) is 17.1 Å². The van der Waals surface area contributed by atoms with Crippen LogP contribution in [0.15, 0.2) is 5.38 Å². The summed E-state index contributed by atoms with van der Waals surface area (Å²) in [6, 6.07) is 0. The molecule has 0 aliphatic carbocycles. The number of aryl methyl sites for hydroxylation is 1. The Hall–Kier alpha value is -0.450. The third-order valence-corrected chi connectivity index (χ3v) is 4.37. The Morgan fingerprint density at radius 1 is 1.47 bits per heavy atom. The zero-order valence-electron chi connectivity index (χ0n) is 10.6. The van der Waals surface area contributed by atoms with Crippen molar-refractivity contribution in [2.45, 2.75) is 39.2 Å². The van der Waals surface area contributed by atoms with Gasteiger partial charge < -0.3 is 5.11 Å². The summed E-state index contributed by atoms with van der Waals surface area (Å²) in [6.07, 6.45) is 4.54. The number of piperidine rings is 1. The SMILES string of the molecule is CCCc1nc(CN2CCC(CO)CC2)cs1. The van der Waals surface area contributed by atoms with Crippen LogP contribution in [0, 0.1) is 5.92 Å². The zero-order valence-corrected chi connectivity index (χ0v) is 11.4. The van der Waals surface area contributed by atoms with Gasteiger partial charge in [-0.15, -0.1) is 11.3 Å². The maximum atomic E-state index is 9.10. The number of nitrogens with zero attached hydrogens (tertiary/aromatic N) is 2. The molecule has 2 heterocycles. The van der Waals surface area contributed by atoms with Crippen molar-refractivity contribution >= 4 is 11.3 Å². The molecule has 0 radical (unpaired) electrons. The molecular formula is C13H22N2OS. The van der Waals surface area contributed by atoms with E-state index in [0.717, 1.165) is 38.9 Å². The van der Waals surface area contributed by atoms with Crippen molar-refractivity contribution in [1.82, 2.24) is 9.88 Å². The van der Waals surface area contributed by atoms with Gasteiger partial charge in [0.05, 0.1) is 10.7 Å². The number of rotatable bonds is 5. The molecule has 1 aliphatic rings. The molecule has 1 aromatic heterocycles. The summed E-state index contributed by atoms with van der Waals surface area (Å²) in [5, 5.41) is 12.6. The molecule has 1 fully saturated rings. The van der Waals surface area contributed by atoms with Gasteiger partial charge in [-0.05, 0) is 44.7 Å². The molecule has 1 saturated heterocycles. The van der Waals surface area contributed by atoms with E-state index < -0.39 is 0 Å². The van der Waals surface area contributed by atoms with E-state index in [0.29, 0.717) is 12.5 Å². The first kappa shape index (κ1) is 13.0. The fourth-order valence-corrected chi connectivity index (χ4v) is 3.20. The Morgan fingerprint density at radius 3 is 2.88 bits per heavy atom. The quantitative estimate of drug-likeness (QED) is 0.876. The molecule has 1 aromatic rings. The summed E-state index contributed by atoms with van der Waals surface area (Å²) in [6.45, 7) is 5.74. The number of aliphatic hydroxyl groups is 1. The molecule has 0 spiro atoms. The number of hydrogen-bond acceptors (Lipinski definition) is 4. The number of thiazole rings is 1. The van der Waals surface area contributed by atoms with Crippen molar-refractivity contribution < 1.29 is 5.11 Å². The van der Waals surface area contributed by atoms with Gasteiger partial charge >= 0.3 is 0 Å². The minimum absolute atomic E-state index is 0.352. The fourth-order valence-electron chi connectivity index (χ4n) is 2.31. The topological polar surface area (TPSA) is 36.4 Å². The van der Waals surface area contributed by atoms with Crippen molar-refractivity contribution in [3.8, 4) is 0 Å². The van der Waals surface area contributed by atoms with Gasteiger partial charge in [0, 0.05) is 18.5 Å². The highest BCUT2D eigenvalue weighted by molar-refractivity contribution is 7.09. The summed E-state index contributed by atoms with van der Waals surface area (Å²) in [5.74, 6) is 0.525. The van der Waals surface area contributed by atoms with E-state index in [2.05, 4.69) is 22.2 Å². The fraction of sp³-hybridized carbons (Fsp3) is 0.769. The van der Waals surface area contributed by atoms with E-state index >= 15 is 0 Å². The lowest BCUT2D eigenvalue weighted by Crippen LogP contribution is -2.34. The van der Waals surface area contributed by atoms with Crippen LogP contribution in [0.5, 0.6) is 0 Å². The molecule has 96 valence electrons. The van der Waals surface area contributed by atoms with Crippen molar-refractivity contribution in [2.75, 3.05) is 19.7 Å². The van der Waals surface area contributed by atoms with Crippen molar-refractivity contribution in [1.29, 1.82) is 0 Å². The largest absolute Gasteiger partial charge is 0.396 e. The van der Waals surface area contributed by atoms with Gasteiger partial charge in [-0.2, -0.15) is 0 Å². The molecule has 3 nitrogen and oxygen atoms in total. The number of aromatic nitrogens is 1. The standard InChI is InChI=1S/C13H22N2OS/c1-2-3-13-14-12(10-17-13)8-15-6-4-11(9-16)5-7-15/h10-11,16H,2-9H2,1H3. The molecule has 17 heavy (non-hydrogen) atoms. The summed E-state index contributed by atoms with van der Waals surface area (Å²) in [5.41, 5.74) is 1.22. The number of hydrogen-bond donors (Lipinski definition) is 1. The maximum absolute atomic E-state index is 9.10. The molecule has 0 saturated carbocycles. The van der Waals surface area contributed by atoms with Crippen LogP contribution in [-0.4, -0.2) is 34.7 Å². The van der Waals surface area contributed by atoms with Crippen LogP contribution in [0.2, 0.25) is 0 Å². The highest BCUT2D eigenvalue weighted by Gasteiger charge is 2.18. The lowest BCUT2D eigenvalue weighted by atomic mass is 9.98. The smallest absolute Gasteiger partial charge is 0.0928 e. The first-order valence-corrected chi connectivity index (χ1v) is 7.46. The first-order chi connectivity index (χ1) is 8.31. The molecule has 0 bridgehead atoms. The molecule has 0 unspecified atom stereocenters. The van der Waals surface area contributed by atoms with Crippen LogP contribution in [0.25, 0.3) is 0 Å². The normalized spacial score (nSPS) is 18.7. The Balaban J connectivity index is 1.80. The predicted molar refractivity (Wildman–Crippen MR) is 71.2 cm³/mol. The van der Waals surface area contributed by atoms with Crippen molar-refractivity contribution in [3.05, 3.63) is 16.1 Å². The summed E-state index contributed by atoms with van der Waals surface area (Å²) in [4.78, 5) is 7.12. The molecule has 4 heteroatoms. The van der Waals surface area contributed by atoms with Gasteiger partial charge in [0.2, 0.25) is 0 Å². The molecular weight excluding hydrogens is 232 g/mol. The summed E-state index contributed by atoms with van der Waals surface area (Å²) >= 11 is 1.79. The Morgan fingerprint density at radius 2 is 2.24 bits per heavy atom. The molecule has 0 aromatic carbocycles. The van der Waals surface area contributed by atoms with E-state index in [1.807, 2.05) is 0 Å². The van der Waals surface area contributed by atoms with Crippen LogP contribution < -0.4 is 0 Å². The second-order valence-electron chi connectivity index (χ2n) is 4.88. The second-order valence-corrected chi connectivity index (χ2v) is 5.83. The van der Waals surface area contributed by atoms with E-state index in [-0.39, 0.29) is 0 Å². The van der Waals surface area contributed by atoms with Gasteiger partial charge in [0.15, 0.2) is 0 Å². The lowest BCUT2D eigenvalue weighted by Gasteiger charge is -2.30. The van der Waals surface area contributed by atoms with Gasteiger partial charge in [0.25, 0.3) is 0 Å². The van der Waals surface area contributed by atoms with Crippen LogP contribution in [0.1, 0.15) is 36.9 Å². The third-order valence-electron chi connectivity index (χ3n) is 3.41. The minimum Gasteiger partial charge on any atom is -0.396 e. The summed E-state index contributed by atoms with van der Waals surface area (Å²) < 4.78 is 0. The highest BCUT2D eigenvalue weighted by atomic mass is 32.1. The molecule has 0 atom stereocenters. The average molecular weight is 254 g/mol. The lowest BCUT2D eigenvalue weighted by molar-refractivity contribution is 0.126.